The van der Waals surface area contributed by atoms with E-state index >= 15 is 0 Å². The van der Waals surface area contributed by atoms with Gasteiger partial charge in [-0.1, -0.05) is 43.2 Å². The van der Waals surface area contributed by atoms with E-state index in [9.17, 15) is 13.2 Å². The summed E-state index contributed by atoms with van der Waals surface area (Å²) in [6.07, 6.45) is 7.29. The molecular formula is C18H23NO3S. The van der Waals surface area contributed by atoms with Crippen LogP contribution in [0.3, 0.4) is 0 Å². The Balaban J connectivity index is 2.33. The number of allylic oxidation sites excluding steroid dienone is 2. The number of carbonyl (C=O) groups is 1. The summed E-state index contributed by atoms with van der Waals surface area (Å²) in [7, 11) is -3.72. The first-order chi connectivity index (χ1) is 10.9. The first-order valence-electron chi connectivity index (χ1n) is 7.90. The van der Waals surface area contributed by atoms with Gasteiger partial charge in [0.2, 0.25) is 5.78 Å². The summed E-state index contributed by atoms with van der Waals surface area (Å²) in [4.78, 5) is 12.6. The second kappa shape index (κ2) is 7.13. The predicted molar refractivity (Wildman–Crippen MR) is 91.4 cm³/mol. The van der Waals surface area contributed by atoms with Crippen LogP contribution in [0.2, 0.25) is 0 Å². The quantitative estimate of drug-likeness (QED) is 0.748. The third kappa shape index (κ3) is 3.72. The summed E-state index contributed by atoms with van der Waals surface area (Å²) < 4.78 is 27.1. The Morgan fingerprint density at radius 3 is 2.57 bits per heavy atom. The highest BCUT2D eigenvalue weighted by Crippen LogP contribution is 2.30. The first kappa shape index (κ1) is 17.5. The van der Waals surface area contributed by atoms with Crippen molar-refractivity contribution in [2.75, 3.05) is 0 Å². The van der Waals surface area contributed by atoms with Crippen LogP contribution in [0.4, 0.5) is 0 Å². The van der Waals surface area contributed by atoms with Gasteiger partial charge >= 0.3 is 0 Å². The Morgan fingerprint density at radius 2 is 1.96 bits per heavy atom. The Labute approximate surface area is 138 Å². The molecule has 2 rings (SSSR count). The van der Waals surface area contributed by atoms with Crippen molar-refractivity contribution in [1.82, 2.24) is 4.31 Å². The molecule has 4 nitrogen and oxygen atoms in total. The van der Waals surface area contributed by atoms with Crippen molar-refractivity contribution in [1.29, 1.82) is 0 Å². The number of nitrogens with zero attached hydrogens (tertiary/aromatic N) is 1. The van der Waals surface area contributed by atoms with Crippen LogP contribution in [0.25, 0.3) is 0 Å². The lowest BCUT2D eigenvalue weighted by atomic mass is 10.2. The molecule has 23 heavy (non-hydrogen) atoms. The van der Waals surface area contributed by atoms with Crippen LogP contribution in [0.1, 0.15) is 38.7 Å². The molecule has 0 N–H and O–H groups in total. The van der Waals surface area contributed by atoms with E-state index in [4.69, 9.17) is 0 Å². The smallest absolute Gasteiger partial charge is 0.264 e. The molecule has 1 heterocycles. The average molecular weight is 333 g/mol. The summed E-state index contributed by atoms with van der Waals surface area (Å²) in [5, 5.41) is 0. The van der Waals surface area contributed by atoms with Crippen molar-refractivity contribution >= 4 is 15.8 Å². The van der Waals surface area contributed by atoms with Crippen LogP contribution in [-0.2, 0) is 14.8 Å². The van der Waals surface area contributed by atoms with Gasteiger partial charge in [0, 0.05) is 6.04 Å². The van der Waals surface area contributed by atoms with Crippen LogP contribution in [0.15, 0.2) is 53.1 Å². The summed E-state index contributed by atoms with van der Waals surface area (Å²) in [6.45, 7) is 5.75. The molecule has 1 aromatic rings. The van der Waals surface area contributed by atoms with Crippen molar-refractivity contribution in [3.05, 3.63) is 53.8 Å². The molecule has 1 aliphatic heterocycles. The van der Waals surface area contributed by atoms with Crippen LogP contribution < -0.4 is 0 Å². The van der Waals surface area contributed by atoms with E-state index in [0.717, 1.165) is 18.4 Å². The highest BCUT2D eigenvalue weighted by molar-refractivity contribution is 7.89. The van der Waals surface area contributed by atoms with E-state index in [0.29, 0.717) is 6.42 Å². The summed E-state index contributed by atoms with van der Waals surface area (Å²) in [6, 6.07) is 6.45. The molecule has 0 amide bonds. The summed E-state index contributed by atoms with van der Waals surface area (Å²) in [5.74, 6) is -0.251. The number of aryl methyl sites for hydroxylation is 1. The number of benzene rings is 1. The molecule has 124 valence electrons. The number of ketones is 1. The average Bonchev–Trinajstić information content (AvgIpc) is 2.90. The minimum Gasteiger partial charge on any atom is -0.288 e. The third-order valence-electron chi connectivity index (χ3n) is 3.84. The number of hydrogen-bond donors (Lipinski definition) is 0. The number of sulfonamides is 1. The zero-order chi connectivity index (χ0) is 17.0. The monoisotopic (exact) mass is 333 g/mol. The lowest BCUT2D eigenvalue weighted by Gasteiger charge is -2.26. The predicted octanol–water partition coefficient (Wildman–Crippen LogP) is 3.59. The van der Waals surface area contributed by atoms with Crippen LogP contribution in [0.5, 0.6) is 0 Å². The van der Waals surface area contributed by atoms with Gasteiger partial charge in [-0.3, -0.25) is 9.10 Å². The second-order valence-corrected chi connectivity index (χ2v) is 7.66. The van der Waals surface area contributed by atoms with E-state index in [1.807, 2.05) is 20.8 Å². The van der Waals surface area contributed by atoms with Crippen molar-refractivity contribution in [2.24, 2.45) is 0 Å². The third-order valence-corrected chi connectivity index (χ3v) is 5.79. The number of rotatable bonds is 6. The second-order valence-electron chi connectivity index (χ2n) is 5.84. The molecule has 1 unspecified atom stereocenters. The SMILES string of the molecule is CCC/C=C/C(=O)C1=CCC(C)N1S(=O)(=O)c1ccc(C)cc1. The van der Waals surface area contributed by atoms with Crippen molar-refractivity contribution in [3.8, 4) is 0 Å². The molecular weight excluding hydrogens is 310 g/mol. The highest BCUT2D eigenvalue weighted by atomic mass is 32.2. The van der Waals surface area contributed by atoms with Gasteiger partial charge in [-0.05, 0) is 44.9 Å². The Kier molecular flexibility index (Phi) is 5.42. The van der Waals surface area contributed by atoms with Gasteiger partial charge in [0.15, 0.2) is 0 Å². The van der Waals surface area contributed by atoms with E-state index in [1.165, 1.54) is 10.4 Å². The van der Waals surface area contributed by atoms with Crippen molar-refractivity contribution in [3.63, 3.8) is 0 Å². The van der Waals surface area contributed by atoms with E-state index < -0.39 is 10.0 Å². The molecule has 0 saturated carbocycles. The van der Waals surface area contributed by atoms with Gasteiger partial charge < -0.3 is 0 Å². The van der Waals surface area contributed by atoms with Gasteiger partial charge in [-0.15, -0.1) is 0 Å². The first-order valence-corrected chi connectivity index (χ1v) is 9.34. The zero-order valence-corrected chi connectivity index (χ0v) is 14.6. The molecule has 0 aromatic heterocycles. The standard InChI is InChI=1S/C18H23NO3S/c1-4-5-6-7-18(20)17-13-10-15(3)19(17)23(21,22)16-11-8-14(2)9-12-16/h6-9,11-13,15H,4-5,10H2,1-3H3/b7-6+. The molecule has 0 saturated heterocycles. The maximum Gasteiger partial charge on any atom is 0.264 e. The van der Waals surface area contributed by atoms with Gasteiger partial charge in [0.25, 0.3) is 10.0 Å². The fourth-order valence-electron chi connectivity index (χ4n) is 2.55. The van der Waals surface area contributed by atoms with Gasteiger partial charge in [-0.25, -0.2) is 8.42 Å². The van der Waals surface area contributed by atoms with Crippen LogP contribution in [0, 0.1) is 6.92 Å². The molecule has 1 aromatic carbocycles. The lowest BCUT2D eigenvalue weighted by Crippen LogP contribution is -2.36. The molecule has 0 bridgehead atoms. The number of unbranched alkanes of at least 4 members (excludes halogenated alkanes) is 1. The van der Waals surface area contributed by atoms with Gasteiger partial charge in [-0.2, -0.15) is 0 Å². The molecule has 1 atom stereocenters. The van der Waals surface area contributed by atoms with Crippen molar-refractivity contribution in [2.45, 2.75) is 51.0 Å². The largest absolute Gasteiger partial charge is 0.288 e. The topological polar surface area (TPSA) is 54.5 Å². The fraction of sp³-hybridized carbons (Fsp3) is 0.389. The maximum absolute atomic E-state index is 12.9. The lowest BCUT2D eigenvalue weighted by molar-refractivity contribution is -0.112. The highest BCUT2D eigenvalue weighted by Gasteiger charge is 2.36. The number of carbonyl (C=O) groups excluding carboxylic acids is 1. The van der Waals surface area contributed by atoms with E-state index in [2.05, 4.69) is 0 Å². The Hall–Kier alpha value is -1.88. The minimum absolute atomic E-state index is 0.216. The number of hydrogen-bond acceptors (Lipinski definition) is 3. The molecule has 0 radical (unpaired) electrons. The summed E-state index contributed by atoms with van der Waals surface area (Å²) >= 11 is 0. The van der Waals surface area contributed by atoms with Crippen LogP contribution >= 0.6 is 0 Å². The van der Waals surface area contributed by atoms with Gasteiger partial charge in [0.05, 0.1) is 10.6 Å². The van der Waals surface area contributed by atoms with Gasteiger partial charge in [0.1, 0.15) is 0 Å². The fourth-order valence-corrected chi connectivity index (χ4v) is 4.24. The summed E-state index contributed by atoms with van der Waals surface area (Å²) in [5.41, 5.74) is 1.25. The van der Waals surface area contributed by atoms with Crippen molar-refractivity contribution < 1.29 is 13.2 Å². The van der Waals surface area contributed by atoms with E-state index in [-0.39, 0.29) is 22.4 Å². The normalized spacial score (nSPS) is 18.5. The molecule has 1 aliphatic rings. The van der Waals surface area contributed by atoms with Crippen LogP contribution in [-0.4, -0.2) is 24.5 Å². The minimum atomic E-state index is -3.72. The molecule has 5 heteroatoms. The molecule has 0 spiro atoms. The molecule has 0 aliphatic carbocycles. The molecule has 0 fully saturated rings. The Morgan fingerprint density at radius 1 is 1.30 bits per heavy atom. The Bertz CT molecular complexity index is 730. The maximum atomic E-state index is 12.9. The zero-order valence-electron chi connectivity index (χ0n) is 13.8. The van der Waals surface area contributed by atoms with E-state index in [1.54, 1.807) is 36.4 Å².